The number of carbonyl (C=O) groups is 2. The summed E-state index contributed by atoms with van der Waals surface area (Å²) in [6.45, 7) is 1.83. The Kier molecular flexibility index (Phi) is 5.07. The Morgan fingerprint density at radius 3 is 2.14 bits per heavy atom. The minimum atomic E-state index is -0.620. The Bertz CT molecular complexity index is 665. The third-order valence-electron chi connectivity index (χ3n) is 3.32. The maximum absolute atomic E-state index is 12.6. The Balaban J connectivity index is 2.35. The number of hydrogen-bond acceptors (Lipinski definition) is 3. The minimum absolute atomic E-state index is 0.185. The first-order valence-corrected chi connectivity index (χ1v) is 7.13. The number of aliphatic hydroxyl groups is 1. The van der Waals surface area contributed by atoms with Crippen molar-refractivity contribution >= 4 is 11.7 Å². The summed E-state index contributed by atoms with van der Waals surface area (Å²) in [6.07, 6.45) is -0.620. The van der Waals surface area contributed by atoms with Crippen LogP contribution in [0.5, 0.6) is 0 Å². The van der Waals surface area contributed by atoms with Crippen LogP contribution < -0.4 is 0 Å². The highest BCUT2D eigenvalue weighted by Crippen LogP contribution is 2.16. The number of hydrogen-bond donors (Lipinski definition) is 1. The van der Waals surface area contributed by atoms with Gasteiger partial charge in [-0.2, -0.15) is 0 Å². The van der Waals surface area contributed by atoms with Crippen LogP contribution in [0.4, 0.5) is 0 Å². The molecule has 1 N–H and O–H groups in total. The second-order valence-electron chi connectivity index (χ2n) is 5.28. The first-order valence-electron chi connectivity index (χ1n) is 7.13. The number of ketones is 1. The van der Waals surface area contributed by atoms with Crippen LogP contribution in [0.1, 0.15) is 33.2 Å². The number of aliphatic hydroxyl groups excluding tert-OH is 1. The van der Waals surface area contributed by atoms with Crippen molar-refractivity contribution in [2.75, 3.05) is 13.6 Å². The van der Waals surface area contributed by atoms with Crippen LogP contribution >= 0.6 is 0 Å². The molecule has 0 radical (unpaired) electrons. The highest BCUT2D eigenvalue weighted by molar-refractivity contribution is 6.15. The topological polar surface area (TPSA) is 57.6 Å². The quantitative estimate of drug-likeness (QED) is 0.862. The van der Waals surface area contributed by atoms with Crippen LogP contribution in [-0.2, 0) is 0 Å². The second-order valence-corrected chi connectivity index (χ2v) is 5.28. The molecule has 0 saturated heterocycles. The van der Waals surface area contributed by atoms with E-state index in [1.165, 1.54) is 4.90 Å². The molecule has 0 bridgehead atoms. The fourth-order valence-corrected chi connectivity index (χ4v) is 2.30. The Labute approximate surface area is 130 Å². The Morgan fingerprint density at radius 2 is 1.55 bits per heavy atom. The molecule has 4 nitrogen and oxygen atoms in total. The molecule has 22 heavy (non-hydrogen) atoms. The fraction of sp³-hybridized carbons (Fsp3) is 0.222. The smallest absolute Gasteiger partial charge is 0.254 e. The van der Waals surface area contributed by atoms with Crippen LogP contribution in [0.25, 0.3) is 0 Å². The first-order chi connectivity index (χ1) is 10.5. The van der Waals surface area contributed by atoms with Crippen LogP contribution in [0.15, 0.2) is 54.6 Å². The van der Waals surface area contributed by atoms with E-state index in [0.29, 0.717) is 16.7 Å². The standard InChI is InChI=1S/C18H19NO3/c1-13(20)12-19(2)18(22)16-11-7-6-10-15(16)17(21)14-8-4-3-5-9-14/h3-11,13,20H,12H2,1-2H3. The number of likely N-dealkylation sites (N-methyl/N-ethyl adjacent to an activating group) is 1. The molecule has 0 fully saturated rings. The molecule has 1 unspecified atom stereocenters. The normalized spacial score (nSPS) is 11.8. The van der Waals surface area contributed by atoms with Crippen LogP contribution in [0, 0.1) is 0 Å². The number of nitrogens with zero attached hydrogens (tertiary/aromatic N) is 1. The van der Waals surface area contributed by atoms with Crippen molar-refractivity contribution < 1.29 is 14.7 Å². The number of carbonyl (C=O) groups excluding carboxylic acids is 2. The lowest BCUT2D eigenvalue weighted by molar-refractivity contribution is 0.0700. The van der Waals surface area contributed by atoms with Gasteiger partial charge >= 0.3 is 0 Å². The zero-order valence-electron chi connectivity index (χ0n) is 12.7. The van der Waals surface area contributed by atoms with Crippen LogP contribution in [-0.4, -0.2) is 41.4 Å². The van der Waals surface area contributed by atoms with Gasteiger partial charge in [-0.3, -0.25) is 9.59 Å². The summed E-state index contributed by atoms with van der Waals surface area (Å²) in [5.41, 5.74) is 1.26. The molecule has 0 heterocycles. The van der Waals surface area contributed by atoms with Crippen molar-refractivity contribution in [3.63, 3.8) is 0 Å². The van der Waals surface area contributed by atoms with Crippen molar-refractivity contribution in [2.24, 2.45) is 0 Å². The fourth-order valence-electron chi connectivity index (χ4n) is 2.30. The highest BCUT2D eigenvalue weighted by Gasteiger charge is 2.20. The predicted octanol–water partition coefficient (Wildman–Crippen LogP) is 2.37. The molecule has 114 valence electrons. The van der Waals surface area contributed by atoms with Gasteiger partial charge in [0, 0.05) is 24.7 Å². The molecule has 2 aromatic carbocycles. The molecule has 0 aliphatic carbocycles. The zero-order valence-corrected chi connectivity index (χ0v) is 12.7. The van der Waals surface area contributed by atoms with Crippen LogP contribution in [0.2, 0.25) is 0 Å². The molecule has 0 aliphatic heterocycles. The Hall–Kier alpha value is -2.46. The van der Waals surface area contributed by atoms with Gasteiger partial charge in [-0.05, 0) is 13.0 Å². The van der Waals surface area contributed by atoms with Gasteiger partial charge in [0.1, 0.15) is 0 Å². The monoisotopic (exact) mass is 297 g/mol. The maximum Gasteiger partial charge on any atom is 0.254 e. The van der Waals surface area contributed by atoms with E-state index in [1.54, 1.807) is 62.5 Å². The molecule has 0 spiro atoms. The third kappa shape index (κ3) is 3.59. The Morgan fingerprint density at radius 1 is 1.00 bits per heavy atom. The molecule has 0 aromatic heterocycles. The van der Waals surface area contributed by atoms with Gasteiger partial charge in [0.15, 0.2) is 5.78 Å². The molecular formula is C18H19NO3. The average molecular weight is 297 g/mol. The summed E-state index contributed by atoms with van der Waals surface area (Å²) in [5, 5.41) is 9.41. The predicted molar refractivity (Wildman–Crippen MR) is 85.0 cm³/mol. The van der Waals surface area contributed by atoms with Crippen molar-refractivity contribution in [3.8, 4) is 0 Å². The van der Waals surface area contributed by atoms with E-state index in [9.17, 15) is 14.7 Å². The summed E-state index contributed by atoms with van der Waals surface area (Å²) in [5.74, 6) is -0.462. The largest absolute Gasteiger partial charge is 0.392 e. The van der Waals surface area contributed by atoms with Gasteiger partial charge in [0.25, 0.3) is 5.91 Å². The molecule has 2 aromatic rings. The molecule has 1 atom stereocenters. The van der Waals surface area contributed by atoms with Crippen molar-refractivity contribution in [1.82, 2.24) is 4.90 Å². The van der Waals surface area contributed by atoms with E-state index >= 15 is 0 Å². The van der Waals surface area contributed by atoms with E-state index in [-0.39, 0.29) is 18.2 Å². The number of amides is 1. The minimum Gasteiger partial charge on any atom is -0.392 e. The van der Waals surface area contributed by atoms with Crippen molar-refractivity contribution in [3.05, 3.63) is 71.3 Å². The van der Waals surface area contributed by atoms with Gasteiger partial charge in [0.2, 0.25) is 0 Å². The van der Waals surface area contributed by atoms with Gasteiger partial charge in [0.05, 0.1) is 11.7 Å². The van der Waals surface area contributed by atoms with Gasteiger partial charge in [-0.15, -0.1) is 0 Å². The molecule has 0 aliphatic rings. The summed E-state index contributed by atoms with van der Waals surface area (Å²) in [4.78, 5) is 26.5. The second kappa shape index (κ2) is 7.00. The summed E-state index contributed by atoms with van der Waals surface area (Å²) >= 11 is 0. The van der Waals surface area contributed by atoms with Gasteiger partial charge < -0.3 is 10.0 Å². The SMILES string of the molecule is CC(O)CN(C)C(=O)c1ccccc1C(=O)c1ccccc1. The lowest BCUT2D eigenvalue weighted by atomic mass is 9.97. The van der Waals surface area contributed by atoms with E-state index in [1.807, 2.05) is 6.07 Å². The molecule has 2 rings (SSSR count). The molecule has 0 saturated carbocycles. The number of benzene rings is 2. The molecular weight excluding hydrogens is 278 g/mol. The zero-order chi connectivity index (χ0) is 16.1. The molecule has 4 heteroatoms. The molecule has 1 amide bonds. The van der Waals surface area contributed by atoms with Crippen LogP contribution in [0.3, 0.4) is 0 Å². The highest BCUT2D eigenvalue weighted by atomic mass is 16.3. The summed E-state index contributed by atoms with van der Waals surface area (Å²) in [6, 6.07) is 15.6. The van der Waals surface area contributed by atoms with Gasteiger partial charge in [-0.1, -0.05) is 48.5 Å². The van der Waals surface area contributed by atoms with E-state index in [2.05, 4.69) is 0 Å². The maximum atomic E-state index is 12.6. The van der Waals surface area contributed by atoms with Crippen molar-refractivity contribution in [2.45, 2.75) is 13.0 Å². The van der Waals surface area contributed by atoms with E-state index < -0.39 is 6.10 Å². The average Bonchev–Trinajstić information content (AvgIpc) is 2.53. The van der Waals surface area contributed by atoms with E-state index in [0.717, 1.165) is 0 Å². The third-order valence-corrected chi connectivity index (χ3v) is 3.32. The number of rotatable bonds is 5. The summed E-state index contributed by atoms with van der Waals surface area (Å²) < 4.78 is 0. The lowest BCUT2D eigenvalue weighted by Gasteiger charge is -2.20. The first kappa shape index (κ1) is 15.9. The van der Waals surface area contributed by atoms with Crippen molar-refractivity contribution in [1.29, 1.82) is 0 Å². The van der Waals surface area contributed by atoms with E-state index in [4.69, 9.17) is 0 Å². The lowest BCUT2D eigenvalue weighted by Crippen LogP contribution is -2.34. The summed E-state index contributed by atoms with van der Waals surface area (Å²) in [7, 11) is 1.61. The van der Waals surface area contributed by atoms with Gasteiger partial charge in [-0.25, -0.2) is 0 Å².